The molecule has 0 aromatic heterocycles. The summed E-state index contributed by atoms with van der Waals surface area (Å²) in [5, 5.41) is 5.92. The lowest BCUT2D eigenvalue weighted by Crippen LogP contribution is -2.50. The largest absolute Gasteiger partial charge is 0.372 e. The Morgan fingerprint density at radius 2 is 2.20 bits per heavy atom. The highest BCUT2D eigenvalue weighted by Crippen LogP contribution is 2.39. The summed E-state index contributed by atoms with van der Waals surface area (Å²) in [6.07, 6.45) is 2.30. The molecule has 2 N–H and O–H groups in total. The molecule has 2 saturated heterocycles. The molecule has 0 spiro atoms. The minimum atomic E-state index is -0.0658. The van der Waals surface area contributed by atoms with E-state index in [4.69, 9.17) is 9.47 Å². The van der Waals surface area contributed by atoms with Gasteiger partial charge in [0.25, 0.3) is 0 Å². The lowest BCUT2D eigenvalue weighted by atomic mass is 9.84. The van der Waals surface area contributed by atoms with Crippen molar-refractivity contribution in [3.05, 3.63) is 0 Å². The topological polar surface area (TPSA) is 59.6 Å². The van der Waals surface area contributed by atoms with Crippen LogP contribution in [-0.2, 0) is 14.3 Å². The second kappa shape index (κ2) is 4.47. The predicted octanol–water partition coefficient (Wildman–Crippen LogP) is -0.528. The third kappa shape index (κ3) is 1.87. The van der Waals surface area contributed by atoms with Crippen molar-refractivity contribution in [1.82, 2.24) is 10.6 Å². The Hall–Kier alpha value is -0.650. The predicted molar refractivity (Wildman–Crippen MR) is 54.3 cm³/mol. The van der Waals surface area contributed by atoms with Crippen molar-refractivity contribution in [2.75, 3.05) is 20.9 Å². The molecule has 0 aromatic rings. The fraction of sp³-hybridized carbons (Fsp3) is 0.900. The molecule has 2 bridgehead atoms. The van der Waals surface area contributed by atoms with E-state index >= 15 is 0 Å². The van der Waals surface area contributed by atoms with E-state index in [2.05, 4.69) is 10.6 Å². The van der Waals surface area contributed by atoms with Crippen LogP contribution in [0.4, 0.5) is 0 Å². The van der Waals surface area contributed by atoms with Gasteiger partial charge >= 0.3 is 0 Å². The molecule has 0 aliphatic carbocycles. The number of carbonyl (C=O) groups is 1. The number of methoxy groups -OCH3 is 1. The van der Waals surface area contributed by atoms with Gasteiger partial charge in [-0.05, 0) is 12.8 Å². The zero-order chi connectivity index (χ0) is 10.8. The first kappa shape index (κ1) is 10.9. The van der Waals surface area contributed by atoms with Crippen LogP contribution < -0.4 is 10.6 Å². The van der Waals surface area contributed by atoms with Crippen molar-refractivity contribution < 1.29 is 14.3 Å². The molecule has 0 saturated carbocycles. The standard InChI is InChI=1S/C10H18N2O3/c1-11-10(13)8-6-3-4-7(15-6)9(8)12-5-14-2/h6-9,12H,3-5H2,1-2H3,(H,11,13). The molecule has 0 aromatic carbocycles. The zero-order valence-corrected chi connectivity index (χ0v) is 9.16. The van der Waals surface area contributed by atoms with E-state index in [-0.39, 0.29) is 30.1 Å². The molecular formula is C10H18N2O3. The fourth-order valence-corrected chi connectivity index (χ4v) is 2.62. The van der Waals surface area contributed by atoms with Crippen LogP contribution in [-0.4, -0.2) is 45.0 Å². The monoisotopic (exact) mass is 214 g/mol. The molecule has 5 heteroatoms. The van der Waals surface area contributed by atoms with E-state index in [1.165, 1.54) is 0 Å². The van der Waals surface area contributed by atoms with Crippen LogP contribution in [0, 0.1) is 5.92 Å². The van der Waals surface area contributed by atoms with Gasteiger partial charge in [0, 0.05) is 20.2 Å². The number of hydrogen-bond acceptors (Lipinski definition) is 4. The highest BCUT2D eigenvalue weighted by molar-refractivity contribution is 5.80. The average Bonchev–Trinajstić information content (AvgIpc) is 2.84. The Labute approximate surface area is 89.5 Å². The summed E-state index contributed by atoms with van der Waals surface area (Å²) in [5.74, 6) is -0.000275. The van der Waals surface area contributed by atoms with Gasteiger partial charge in [0.2, 0.25) is 5.91 Å². The van der Waals surface area contributed by atoms with E-state index in [1.54, 1.807) is 14.2 Å². The van der Waals surface area contributed by atoms with Crippen LogP contribution in [0.25, 0.3) is 0 Å². The molecule has 86 valence electrons. The second-order valence-corrected chi connectivity index (χ2v) is 4.09. The molecule has 0 radical (unpaired) electrons. The van der Waals surface area contributed by atoms with Crippen molar-refractivity contribution in [2.45, 2.75) is 31.1 Å². The molecule has 2 aliphatic heterocycles. The minimum Gasteiger partial charge on any atom is -0.372 e. The van der Waals surface area contributed by atoms with Crippen molar-refractivity contribution >= 4 is 5.91 Å². The number of ether oxygens (including phenoxy) is 2. The average molecular weight is 214 g/mol. The Balaban J connectivity index is 2.02. The van der Waals surface area contributed by atoms with E-state index in [1.807, 2.05) is 0 Å². The molecule has 15 heavy (non-hydrogen) atoms. The number of rotatable bonds is 4. The first-order valence-electron chi connectivity index (χ1n) is 5.37. The lowest BCUT2D eigenvalue weighted by molar-refractivity contribution is -0.126. The number of hydrogen-bond donors (Lipinski definition) is 2. The smallest absolute Gasteiger partial charge is 0.227 e. The summed E-state index contributed by atoms with van der Waals surface area (Å²) < 4.78 is 10.7. The van der Waals surface area contributed by atoms with Crippen molar-refractivity contribution in [3.63, 3.8) is 0 Å². The molecule has 4 atom stereocenters. The van der Waals surface area contributed by atoms with Crippen molar-refractivity contribution in [3.8, 4) is 0 Å². The lowest BCUT2D eigenvalue weighted by Gasteiger charge is -2.27. The number of carbonyl (C=O) groups excluding carboxylic acids is 1. The summed E-state index contributed by atoms with van der Waals surface area (Å²) in [5.41, 5.74) is 0. The number of fused-ring (bicyclic) bond motifs is 2. The van der Waals surface area contributed by atoms with Gasteiger partial charge in [-0.15, -0.1) is 0 Å². The van der Waals surface area contributed by atoms with Crippen LogP contribution in [0.5, 0.6) is 0 Å². The maximum atomic E-state index is 11.7. The minimum absolute atomic E-state index is 0.0656. The van der Waals surface area contributed by atoms with Crippen LogP contribution in [0.15, 0.2) is 0 Å². The SMILES string of the molecule is CNC(=O)C1C2CCC(O2)C1NCOC. The van der Waals surface area contributed by atoms with Gasteiger partial charge in [-0.3, -0.25) is 10.1 Å². The number of nitrogens with one attached hydrogen (secondary N) is 2. The summed E-state index contributed by atoms with van der Waals surface area (Å²) in [7, 11) is 3.30. The molecule has 4 unspecified atom stereocenters. The second-order valence-electron chi connectivity index (χ2n) is 4.09. The van der Waals surface area contributed by atoms with Gasteiger partial charge < -0.3 is 14.8 Å². The first-order chi connectivity index (χ1) is 7.27. The molecule has 2 fully saturated rings. The normalized spacial score (nSPS) is 38.3. The van der Waals surface area contributed by atoms with E-state index < -0.39 is 0 Å². The molecule has 1 amide bonds. The summed E-state index contributed by atoms with van der Waals surface area (Å²) >= 11 is 0. The quantitative estimate of drug-likeness (QED) is 0.618. The Morgan fingerprint density at radius 1 is 1.47 bits per heavy atom. The fourth-order valence-electron chi connectivity index (χ4n) is 2.62. The first-order valence-corrected chi connectivity index (χ1v) is 5.37. The van der Waals surface area contributed by atoms with Gasteiger partial charge in [0.1, 0.15) is 0 Å². The van der Waals surface area contributed by atoms with Gasteiger partial charge in [0.05, 0.1) is 24.9 Å². The summed E-state index contributed by atoms with van der Waals surface area (Å²) in [6.45, 7) is 0.463. The van der Waals surface area contributed by atoms with E-state index in [0.717, 1.165) is 12.8 Å². The van der Waals surface area contributed by atoms with Crippen molar-refractivity contribution in [2.24, 2.45) is 5.92 Å². The summed E-state index contributed by atoms with van der Waals surface area (Å²) in [4.78, 5) is 11.7. The van der Waals surface area contributed by atoms with Crippen LogP contribution in [0.1, 0.15) is 12.8 Å². The molecular weight excluding hydrogens is 196 g/mol. The Kier molecular flexibility index (Phi) is 3.23. The third-order valence-electron chi connectivity index (χ3n) is 3.29. The molecule has 5 nitrogen and oxygen atoms in total. The number of amides is 1. The maximum absolute atomic E-state index is 11.7. The molecule has 2 rings (SSSR count). The van der Waals surface area contributed by atoms with Crippen LogP contribution in [0.2, 0.25) is 0 Å². The highest BCUT2D eigenvalue weighted by Gasteiger charge is 2.51. The summed E-state index contributed by atoms with van der Waals surface area (Å²) in [6, 6.07) is 0.101. The van der Waals surface area contributed by atoms with Crippen molar-refractivity contribution in [1.29, 1.82) is 0 Å². The van der Waals surface area contributed by atoms with E-state index in [0.29, 0.717) is 6.73 Å². The van der Waals surface area contributed by atoms with E-state index in [9.17, 15) is 4.79 Å². The van der Waals surface area contributed by atoms with Gasteiger partial charge in [-0.2, -0.15) is 0 Å². The zero-order valence-electron chi connectivity index (χ0n) is 9.16. The van der Waals surface area contributed by atoms with Gasteiger partial charge in [-0.25, -0.2) is 0 Å². The Bertz CT molecular complexity index is 247. The molecule has 2 aliphatic rings. The molecule has 2 heterocycles. The van der Waals surface area contributed by atoms with Crippen LogP contribution >= 0.6 is 0 Å². The van der Waals surface area contributed by atoms with Gasteiger partial charge in [0.15, 0.2) is 0 Å². The Morgan fingerprint density at radius 3 is 2.87 bits per heavy atom. The van der Waals surface area contributed by atoms with Crippen LogP contribution in [0.3, 0.4) is 0 Å². The van der Waals surface area contributed by atoms with Gasteiger partial charge in [-0.1, -0.05) is 0 Å². The maximum Gasteiger partial charge on any atom is 0.227 e. The highest BCUT2D eigenvalue weighted by atomic mass is 16.5. The third-order valence-corrected chi connectivity index (χ3v) is 3.29.